The molecule has 3 N–H and O–H groups in total. The van der Waals surface area contributed by atoms with Crippen molar-refractivity contribution in [3.63, 3.8) is 0 Å². The quantitative estimate of drug-likeness (QED) is 0.149. The van der Waals surface area contributed by atoms with E-state index in [1.54, 1.807) is 0 Å². The van der Waals surface area contributed by atoms with E-state index < -0.39 is 96.6 Å². The van der Waals surface area contributed by atoms with Crippen LogP contribution in [0.3, 0.4) is 0 Å². The van der Waals surface area contributed by atoms with E-state index in [1.807, 2.05) is 0 Å². The Morgan fingerprint density at radius 3 is 2.00 bits per heavy atom. The van der Waals surface area contributed by atoms with Crippen molar-refractivity contribution >= 4 is 53.0 Å². The molecule has 0 radical (unpaired) electrons. The summed E-state index contributed by atoms with van der Waals surface area (Å²) in [6.45, 7) is 1.40. The predicted octanol–water partition coefficient (Wildman–Crippen LogP) is -2.23. The van der Waals surface area contributed by atoms with Gasteiger partial charge in [-0.2, -0.15) is 0 Å². The predicted molar refractivity (Wildman–Crippen MR) is 127 cm³/mol. The van der Waals surface area contributed by atoms with E-state index in [-0.39, 0.29) is 38.8 Å². The van der Waals surface area contributed by atoms with Crippen LogP contribution in [0.5, 0.6) is 0 Å². The molecule has 16 heteroatoms. The highest BCUT2D eigenvalue weighted by molar-refractivity contribution is 6.12. The summed E-state index contributed by atoms with van der Waals surface area (Å²) in [5.74, 6) is -8.44. The summed E-state index contributed by atoms with van der Waals surface area (Å²) in [6.07, 6.45) is -5.91. The lowest BCUT2D eigenvalue weighted by molar-refractivity contribution is -0.220. The van der Waals surface area contributed by atoms with Crippen LogP contribution in [-0.2, 0) is 57.5 Å². The van der Waals surface area contributed by atoms with Gasteiger partial charge in [-0.25, -0.2) is 4.79 Å². The summed E-state index contributed by atoms with van der Waals surface area (Å²) in [5.41, 5.74) is 0. The molecule has 2 rings (SSSR count). The molecular formula is C24H31N3O13. The number of rotatable bonds is 14. The van der Waals surface area contributed by atoms with Gasteiger partial charge in [-0.3, -0.25) is 33.6 Å². The molecule has 2 aliphatic rings. The van der Waals surface area contributed by atoms with Crippen molar-refractivity contribution in [1.82, 2.24) is 15.7 Å². The number of amides is 3. The SMILES string of the molecule is CC(=O)C[C@@H](C(=O)NCCC(=O)ON1C(=O)CCC1O)[C@@H](OC(C)=O)C(=O)NCCC(=O)OC1C(=O)CCC1=O. The lowest BCUT2D eigenvalue weighted by Crippen LogP contribution is -2.49. The lowest BCUT2D eigenvalue weighted by Gasteiger charge is -2.24. The van der Waals surface area contributed by atoms with Gasteiger partial charge in [0.15, 0.2) is 23.9 Å². The molecule has 0 aromatic rings. The molecule has 1 aliphatic carbocycles. The minimum Gasteiger partial charge on any atom is -0.452 e. The monoisotopic (exact) mass is 569 g/mol. The zero-order valence-corrected chi connectivity index (χ0v) is 22.0. The second-order valence-corrected chi connectivity index (χ2v) is 9.13. The van der Waals surface area contributed by atoms with E-state index in [0.717, 1.165) is 13.8 Å². The number of esters is 2. The van der Waals surface area contributed by atoms with Crippen LogP contribution in [0.2, 0.25) is 0 Å². The van der Waals surface area contributed by atoms with E-state index in [2.05, 4.69) is 10.6 Å². The van der Waals surface area contributed by atoms with E-state index >= 15 is 0 Å². The number of hydroxylamine groups is 2. The number of ketones is 3. The zero-order chi connectivity index (χ0) is 30.0. The summed E-state index contributed by atoms with van der Waals surface area (Å²) < 4.78 is 9.84. The average Bonchev–Trinajstić information content (AvgIpc) is 3.35. The molecule has 1 unspecified atom stereocenters. The van der Waals surface area contributed by atoms with Gasteiger partial charge in [0.25, 0.3) is 11.8 Å². The van der Waals surface area contributed by atoms with Crippen LogP contribution >= 0.6 is 0 Å². The van der Waals surface area contributed by atoms with Crippen LogP contribution in [0.4, 0.5) is 0 Å². The van der Waals surface area contributed by atoms with Gasteiger partial charge in [0.2, 0.25) is 12.0 Å². The van der Waals surface area contributed by atoms with Crippen LogP contribution < -0.4 is 10.6 Å². The number of carbonyl (C=O) groups is 9. The smallest absolute Gasteiger partial charge is 0.334 e. The normalized spacial score (nSPS) is 18.6. The molecule has 3 atom stereocenters. The maximum absolute atomic E-state index is 12.8. The molecule has 0 aromatic carbocycles. The molecule has 16 nitrogen and oxygen atoms in total. The highest BCUT2D eigenvalue weighted by atomic mass is 16.7. The van der Waals surface area contributed by atoms with Gasteiger partial charge in [0.05, 0.1) is 18.8 Å². The molecule has 3 amide bonds. The Morgan fingerprint density at radius 2 is 1.48 bits per heavy atom. The third-order valence-electron chi connectivity index (χ3n) is 5.80. The molecule has 0 bridgehead atoms. The van der Waals surface area contributed by atoms with Crippen LogP contribution in [0, 0.1) is 5.92 Å². The Balaban J connectivity index is 1.94. The Hall–Kier alpha value is -4.21. The average molecular weight is 570 g/mol. The van der Waals surface area contributed by atoms with Crippen molar-refractivity contribution in [2.75, 3.05) is 13.1 Å². The van der Waals surface area contributed by atoms with Crippen molar-refractivity contribution in [2.45, 2.75) is 77.2 Å². The minimum atomic E-state index is -1.79. The zero-order valence-electron chi connectivity index (χ0n) is 22.0. The first kappa shape index (κ1) is 32.0. The fourth-order valence-electron chi connectivity index (χ4n) is 3.87. The number of nitrogens with zero attached hydrogens (tertiary/aromatic N) is 1. The molecule has 1 saturated heterocycles. The summed E-state index contributed by atoms with van der Waals surface area (Å²) >= 11 is 0. The highest BCUT2D eigenvalue weighted by Crippen LogP contribution is 2.18. The van der Waals surface area contributed by atoms with Gasteiger partial charge in [0, 0.05) is 52.1 Å². The van der Waals surface area contributed by atoms with E-state index in [4.69, 9.17) is 14.3 Å². The lowest BCUT2D eigenvalue weighted by atomic mass is 9.94. The molecule has 0 spiro atoms. The third kappa shape index (κ3) is 9.52. The number of nitrogens with one attached hydrogen (secondary N) is 2. The van der Waals surface area contributed by atoms with Crippen molar-refractivity contribution in [3.8, 4) is 0 Å². The van der Waals surface area contributed by atoms with Crippen molar-refractivity contribution in [1.29, 1.82) is 0 Å². The fraction of sp³-hybridized carbons (Fsp3) is 0.625. The van der Waals surface area contributed by atoms with Crippen molar-refractivity contribution < 1.29 is 62.6 Å². The second-order valence-electron chi connectivity index (χ2n) is 9.13. The molecule has 2 fully saturated rings. The van der Waals surface area contributed by atoms with Gasteiger partial charge in [-0.15, -0.1) is 5.06 Å². The number of carbonyl (C=O) groups excluding carboxylic acids is 9. The first-order valence-corrected chi connectivity index (χ1v) is 12.5. The Morgan fingerprint density at radius 1 is 0.900 bits per heavy atom. The number of aliphatic hydroxyl groups excluding tert-OH is 1. The number of Topliss-reactive ketones (excluding diaryl/α,β-unsaturated/α-hetero) is 3. The van der Waals surface area contributed by atoms with E-state index in [0.29, 0.717) is 5.06 Å². The molecule has 220 valence electrons. The van der Waals surface area contributed by atoms with Gasteiger partial charge < -0.3 is 34.8 Å². The third-order valence-corrected chi connectivity index (χ3v) is 5.80. The van der Waals surface area contributed by atoms with Gasteiger partial charge >= 0.3 is 17.9 Å². The molecule has 1 aliphatic heterocycles. The van der Waals surface area contributed by atoms with Gasteiger partial charge in [-0.05, 0) is 6.92 Å². The van der Waals surface area contributed by atoms with Gasteiger partial charge in [0.1, 0.15) is 5.78 Å². The van der Waals surface area contributed by atoms with E-state index in [1.165, 1.54) is 0 Å². The van der Waals surface area contributed by atoms with Crippen LogP contribution in [0.25, 0.3) is 0 Å². The van der Waals surface area contributed by atoms with Gasteiger partial charge in [-0.1, -0.05) is 0 Å². The summed E-state index contributed by atoms with van der Waals surface area (Å²) in [5, 5.41) is 14.8. The molecule has 1 saturated carbocycles. The molecule has 0 aromatic heterocycles. The van der Waals surface area contributed by atoms with Crippen LogP contribution in [0.1, 0.15) is 58.8 Å². The van der Waals surface area contributed by atoms with E-state index in [9.17, 15) is 48.3 Å². The Bertz CT molecular complexity index is 1060. The molecule has 40 heavy (non-hydrogen) atoms. The maximum atomic E-state index is 12.8. The number of hydrogen-bond acceptors (Lipinski definition) is 13. The maximum Gasteiger partial charge on any atom is 0.334 e. The first-order valence-electron chi connectivity index (χ1n) is 12.5. The Kier molecular flexibility index (Phi) is 11.8. The molecular weight excluding hydrogens is 538 g/mol. The summed E-state index contributed by atoms with van der Waals surface area (Å²) in [6, 6.07) is 0. The number of aliphatic hydroxyl groups is 1. The largest absolute Gasteiger partial charge is 0.452 e. The fourth-order valence-corrected chi connectivity index (χ4v) is 3.87. The topological polar surface area (TPSA) is 229 Å². The van der Waals surface area contributed by atoms with Crippen LogP contribution in [-0.4, -0.2) is 94.7 Å². The molecule has 1 heterocycles. The first-order chi connectivity index (χ1) is 18.8. The second kappa shape index (κ2) is 14.8. The summed E-state index contributed by atoms with van der Waals surface area (Å²) in [4.78, 5) is 113. The van der Waals surface area contributed by atoms with Crippen molar-refractivity contribution in [3.05, 3.63) is 0 Å². The minimum absolute atomic E-state index is 0.00143. The highest BCUT2D eigenvalue weighted by Gasteiger charge is 2.38. The van der Waals surface area contributed by atoms with Crippen molar-refractivity contribution in [2.24, 2.45) is 5.92 Å². The summed E-state index contributed by atoms with van der Waals surface area (Å²) in [7, 11) is 0. The number of hydrogen-bond donors (Lipinski definition) is 3. The standard InChI is InChI=1S/C24H31N3O13/c1-12(28)11-14(23(36)25-10-8-20(35)40-27-17(32)5-6-18(27)33)21(38-13(2)29)24(37)26-9-7-19(34)39-22-15(30)3-4-16(22)31/h14,17,21-22,32H,3-11H2,1-2H3,(H,25,36)(H,26,37)/t14-,17?,21-/m1/s1. The Labute approximate surface area is 228 Å². The van der Waals surface area contributed by atoms with Crippen LogP contribution in [0.15, 0.2) is 0 Å². The number of ether oxygens (including phenoxy) is 2.